The lowest BCUT2D eigenvalue weighted by molar-refractivity contribution is -0.134. The minimum Gasteiger partial charge on any atom is -0.496 e. The molecule has 162 valence electrons. The number of Topliss-reactive ketones (excluding diaryl/α,β-unsaturated/α-hetero) is 1. The third-order valence-electron chi connectivity index (χ3n) is 5.47. The lowest BCUT2D eigenvalue weighted by Gasteiger charge is -2.26. The second-order valence-corrected chi connectivity index (χ2v) is 7.45. The zero-order chi connectivity index (χ0) is 22.8. The van der Waals surface area contributed by atoms with Crippen LogP contribution in [0.2, 0.25) is 0 Å². The van der Waals surface area contributed by atoms with E-state index in [-0.39, 0.29) is 5.78 Å². The number of hydrogen-bond donors (Lipinski definition) is 2. The summed E-state index contributed by atoms with van der Waals surface area (Å²) in [6.07, 6.45) is 0.327. The first-order valence-corrected chi connectivity index (χ1v) is 9.92. The van der Waals surface area contributed by atoms with Crippen molar-refractivity contribution in [2.75, 3.05) is 19.0 Å². The maximum Gasteiger partial charge on any atom is 0.325 e. The van der Waals surface area contributed by atoms with Crippen molar-refractivity contribution in [3.63, 3.8) is 0 Å². The van der Waals surface area contributed by atoms with E-state index in [4.69, 9.17) is 4.74 Å². The van der Waals surface area contributed by atoms with E-state index in [1.165, 1.54) is 6.92 Å². The number of hydrogen-bond acceptors (Lipinski definition) is 5. The van der Waals surface area contributed by atoms with Gasteiger partial charge in [0.25, 0.3) is 5.91 Å². The molecule has 1 fully saturated rings. The lowest BCUT2D eigenvalue weighted by Crippen LogP contribution is -2.44. The molecule has 1 heterocycles. The van der Waals surface area contributed by atoms with Crippen LogP contribution in [0, 0.1) is 6.92 Å². The predicted molar refractivity (Wildman–Crippen MR) is 115 cm³/mol. The fourth-order valence-corrected chi connectivity index (χ4v) is 3.69. The van der Waals surface area contributed by atoms with Gasteiger partial charge in [-0.05, 0) is 67.8 Å². The Bertz CT molecular complexity index is 1050. The highest BCUT2D eigenvalue weighted by atomic mass is 16.5. The molecule has 2 aromatic carbocycles. The van der Waals surface area contributed by atoms with Gasteiger partial charge in [0, 0.05) is 11.3 Å². The Balaban J connectivity index is 1.77. The SMILES string of the molecule is CCC1(c2ccc(OC)c(C)c2)NC(=O)N(CC(=O)Nc2ccc(C(C)=O)cc2)C1=O. The van der Waals surface area contributed by atoms with E-state index < -0.39 is 29.9 Å². The summed E-state index contributed by atoms with van der Waals surface area (Å²) in [6.45, 7) is 4.69. The Kier molecular flexibility index (Phi) is 6.10. The first-order chi connectivity index (χ1) is 14.7. The molecule has 0 saturated carbocycles. The van der Waals surface area contributed by atoms with Crippen LogP contribution < -0.4 is 15.4 Å². The number of imide groups is 1. The fourth-order valence-electron chi connectivity index (χ4n) is 3.69. The first-order valence-electron chi connectivity index (χ1n) is 9.92. The van der Waals surface area contributed by atoms with E-state index in [0.29, 0.717) is 29.0 Å². The highest BCUT2D eigenvalue weighted by molar-refractivity contribution is 6.10. The Morgan fingerprint density at radius 2 is 1.81 bits per heavy atom. The normalized spacial score (nSPS) is 18.0. The number of urea groups is 1. The number of carbonyl (C=O) groups is 4. The van der Waals surface area contributed by atoms with Crippen LogP contribution in [0.4, 0.5) is 10.5 Å². The molecule has 0 radical (unpaired) electrons. The molecule has 8 heteroatoms. The van der Waals surface area contributed by atoms with Gasteiger partial charge in [0.05, 0.1) is 7.11 Å². The van der Waals surface area contributed by atoms with Gasteiger partial charge in [0.2, 0.25) is 5.91 Å². The van der Waals surface area contributed by atoms with Crippen LogP contribution >= 0.6 is 0 Å². The van der Waals surface area contributed by atoms with E-state index in [9.17, 15) is 19.2 Å². The van der Waals surface area contributed by atoms with Crippen molar-refractivity contribution in [2.24, 2.45) is 0 Å². The van der Waals surface area contributed by atoms with Crippen molar-refractivity contribution in [2.45, 2.75) is 32.7 Å². The zero-order valence-electron chi connectivity index (χ0n) is 17.9. The molecule has 1 saturated heterocycles. The van der Waals surface area contributed by atoms with Crippen LogP contribution in [0.15, 0.2) is 42.5 Å². The summed E-state index contributed by atoms with van der Waals surface area (Å²) in [7, 11) is 1.56. The Hall–Kier alpha value is -3.68. The van der Waals surface area contributed by atoms with Crippen LogP contribution in [0.3, 0.4) is 0 Å². The molecule has 4 amide bonds. The fraction of sp³-hybridized carbons (Fsp3) is 0.304. The average molecular weight is 423 g/mol. The smallest absolute Gasteiger partial charge is 0.325 e. The third kappa shape index (κ3) is 4.14. The number of amides is 4. The van der Waals surface area contributed by atoms with Crippen molar-refractivity contribution >= 4 is 29.3 Å². The molecule has 3 rings (SSSR count). The van der Waals surface area contributed by atoms with Crippen LogP contribution in [0.1, 0.15) is 41.8 Å². The van der Waals surface area contributed by atoms with Gasteiger partial charge in [-0.1, -0.05) is 13.0 Å². The summed E-state index contributed by atoms with van der Waals surface area (Å²) < 4.78 is 5.27. The van der Waals surface area contributed by atoms with Crippen LogP contribution in [0.5, 0.6) is 5.75 Å². The van der Waals surface area contributed by atoms with E-state index >= 15 is 0 Å². The number of nitrogens with one attached hydrogen (secondary N) is 2. The summed E-state index contributed by atoms with van der Waals surface area (Å²) >= 11 is 0. The summed E-state index contributed by atoms with van der Waals surface area (Å²) in [5.41, 5.74) is 1.22. The molecule has 2 N–H and O–H groups in total. The van der Waals surface area contributed by atoms with Gasteiger partial charge in [-0.2, -0.15) is 0 Å². The minimum atomic E-state index is -1.24. The number of nitrogens with zero attached hydrogens (tertiary/aromatic N) is 1. The van der Waals surface area contributed by atoms with E-state index in [0.717, 1.165) is 10.5 Å². The van der Waals surface area contributed by atoms with Gasteiger partial charge < -0.3 is 15.4 Å². The molecular formula is C23H25N3O5. The number of carbonyl (C=O) groups excluding carboxylic acids is 4. The lowest BCUT2D eigenvalue weighted by atomic mass is 9.86. The highest BCUT2D eigenvalue weighted by Crippen LogP contribution is 2.34. The third-order valence-corrected chi connectivity index (χ3v) is 5.47. The quantitative estimate of drug-likeness (QED) is 0.526. The Morgan fingerprint density at radius 3 is 2.35 bits per heavy atom. The average Bonchev–Trinajstić information content (AvgIpc) is 2.99. The number of ether oxygens (including phenoxy) is 1. The van der Waals surface area contributed by atoms with Crippen LogP contribution in [-0.4, -0.2) is 42.2 Å². The topological polar surface area (TPSA) is 105 Å². The maximum absolute atomic E-state index is 13.2. The first kappa shape index (κ1) is 22.0. The Labute approximate surface area is 180 Å². The summed E-state index contributed by atoms with van der Waals surface area (Å²) in [4.78, 5) is 50.6. The van der Waals surface area contributed by atoms with Crippen LogP contribution in [0.25, 0.3) is 0 Å². The molecule has 1 aliphatic heterocycles. The standard InChI is InChI=1S/C23H25N3O5/c1-5-23(17-8-11-19(31-4)14(2)12-17)21(29)26(22(30)25-23)13-20(28)24-18-9-6-16(7-10-18)15(3)27/h6-12H,5,13H2,1-4H3,(H,24,28)(H,25,30). The van der Waals surface area contributed by atoms with Crippen molar-refractivity contribution in [3.8, 4) is 5.75 Å². The highest BCUT2D eigenvalue weighted by Gasteiger charge is 2.51. The monoisotopic (exact) mass is 423 g/mol. The van der Waals surface area contributed by atoms with Crippen molar-refractivity contribution in [1.82, 2.24) is 10.2 Å². The van der Waals surface area contributed by atoms with Gasteiger partial charge >= 0.3 is 6.03 Å². The second-order valence-electron chi connectivity index (χ2n) is 7.45. The molecule has 0 spiro atoms. The molecule has 1 unspecified atom stereocenters. The largest absolute Gasteiger partial charge is 0.496 e. The summed E-state index contributed by atoms with van der Waals surface area (Å²) in [5, 5.41) is 5.41. The zero-order valence-corrected chi connectivity index (χ0v) is 17.9. The second kappa shape index (κ2) is 8.59. The Morgan fingerprint density at radius 1 is 1.13 bits per heavy atom. The van der Waals surface area contributed by atoms with Gasteiger partial charge in [0.15, 0.2) is 5.78 Å². The molecule has 0 aromatic heterocycles. The van der Waals surface area contributed by atoms with Gasteiger partial charge in [0.1, 0.15) is 17.8 Å². The number of rotatable bonds is 7. The van der Waals surface area contributed by atoms with Crippen LogP contribution in [-0.2, 0) is 15.1 Å². The van der Waals surface area contributed by atoms with E-state index in [1.807, 2.05) is 6.92 Å². The number of ketones is 1. The molecular weight excluding hydrogens is 398 g/mol. The molecule has 31 heavy (non-hydrogen) atoms. The van der Waals surface area contributed by atoms with Crippen molar-refractivity contribution in [1.29, 1.82) is 0 Å². The number of aryl methyl sites for hydroxylation is 1. The minimum absolute atomic E-state index is 0.0816. The predicted octanol–water partition coefficient (Wildman–Crippen LogP) is 3.00. The number of anilines is 1. The number of methoxy groups -OCH3 is 1. The molecule has 0 aliphatic carbocycles. The summed E-state index contributed by atoms with van der Waals surface area (Å²) in [5.74, 6) is -0.399. The molecule has 1 aliphatic rings. The van der Waals surface area contributed by atoms with Crippen molar-refractivity contribution < 1.29 is 23.9 Å². The van der Waals surface area contributed by atoms with Gasteiger partial charge in [-0.3, -0.25) is 19.3 Å². The van der Waals surface area contributed by atoms with E-state index in [2.05, 4.69) is 10.6 Å². The molecule has 2 aromatic rings. The van der Waals surface area contributed by atoms with Gasteiger partial charge in [-0.25, -0.2) is 4.79 Å². The van der Waals surface area contributed by atoms with Gasteiger partial charge in [-0.15, -0.1) is 0 Å². The number of benzene rings is 2. The molecule has 8 nitrogen and oxygen atoms in total. The molecule has 0 bridgehead atoms. The van der Waals surface area contributed by atoms with E-state index in [1.54, 1.807) is 56.5 Å². The maximum atomic E-state index is 13.2. The van der Waals surface area contributed by atoms with Crippen molar-refractivity contribution in [3.05, 3.63) is 59.2 Å². The molecule has 1 atom stereocenters. The summed E-state index contributed by atoms with van der Waals surface area (Å²) in [6, 6.07) is 11.1.